The van der Waals surface area contributed by atoms with Crippen LogP contribution in [0.1, 0.15) is 6.42 Å². The summed E-state index contributed by atoms with van der Waals surface area (Å²) >= 11 is 0. The van der Waals surface area contributed by atoms with Crippen LogP contribution in [0, 0.1) is 0 Å². The Morgan fingerprint density at radius 3 is 2.83 bits per heavy atom. The number of para-hydroxylation sites is 1. The summed E-state index contributed by atoms with van der Waals surface area (Å²) in [7, 11) is 3.49. The van der Waals surface area contributed by atoms with Crippen molar-refractivity contribution in [3.8, 4) is 0 Å². The second kappa shape index (κ2) is 6.04. The zero-order chi connectivity index (χ0) is 16.4. The molecule has 0 unspecified atom stereocenters. The summed E-state index contributed by atoms with van der Waals surface area (Å²) in [6.45, 7) is 0.292. The lowest BCUT2D eigenvalue weighted by Gasteiger charge is -2.15. The number of aryl methyl sites for hydroxylation is 2. The van der Waals surface area contributed by atoms with Crippen molar-refractivity contribution in [3.63, 3.8) is 0 Å². The SMILES string of the molecule is CN(C(=O)CCn1cnc2ccccc2c1=O)c1cnn(C)c1. The molecule has 0 radical (unpaired) electrons. The van der Waals surface area contributed by atoms with Gasteiger partial charge in [-0.2, -0.15) is 5.10 Å². The molecule has 0 aliphatic carbocycles. The summed E-state index contributed by atoms with van der Waals surface area (Å²) in [4.78, 5) is 30.4. The van der Waals surface area contributed by atoms with Crippen molar-refractivity contribution in [1.82, 2.24) is 19.3 Å². The van der Waals surface area contributed by atoms with Crippen LogP contribution in [-0.2, 0) is 18.4 Å². The fraction of sp³-hybridized carbons (Fsp3) is 0.250. The molecule has 23 heavy (non-hydrogen) atoms. The first-order valence-electron chi connectivity index (χ1n) is 7.25. The van der Waals surface area contributed by atoms with Crippen LogP contribution < -0.4 is 10.5 Å². The maximum atomic E-state index is 12.4. The summed E-state index contributed by atoms with van der Waals surface area (Å²) in [6, 6.07) is 7.18. The van der Waals surface area contributed by atoms with E-state index in [0.29, 0.717) is 17.4 Å². The molecule has 1 amide bonds. The van der Waals surface area contributed by atoms with Crippen LogP contribution in [0.5, 0.6) is 0 Å². The van der Waals surface area contributed by atoms with Gasteiger partial charge in [-0.15, -0.1) is 0 Å². The number of hydrogen-bond acceptors (Lipinski definition) is 4. The molecule has 118 valence electrons. The lowest BCUT2D eigenvalue weighted by molar-refractivity contribution is -0.118. The van der Waals surface area contributed by atoms with E-state index in [2.05, 4.69) is 10.1 Å². The molecule has 2 heterocycles. The topological polar surface area (TPSA) is 73.0 Å². The van der Waals surface area contributed by atoms with Gasteiger partial charge in [0, 0.05) is 33.3 Å². The highest BCUT2D eigenvalue weighted by Gasteiger charge is 2.13. The van der Waals surface area contributed by atoms with Gasteiger partial charge in [0.2, 0.25) is 5.91 Å². The molecule has 0 atom stereocenters. The molecule has 0 bridgehead atoms. The van der Waals surface area contributed by atoms with E-state index in [1.165, 1.54) is 15.8 Å². The van der Waals surface area contributed by atoms with Gasteiger partial charge in [-0.3, -0.25) is 18.8 Å². The van der Waals surface area contributed by atoms with Crippen molar-refractivity contribution < 1.29 is 4.79 Å². The summed E-state index contributed by atoms with van der Waals surface area (Å²) in [5.74, 6) is -0.0851. The van der Waals surface area contributed by atoms with Gasteiger partial charge in [0.1, 0.15) is 0 Å². The first-order chi connectivity index (χ1) is 11.1. The molecule has 7 heteroatoms. The number of hydrogen-bond donors (Lipinski definition) is 0. The number of amides is 1. The van der Waals surface area contributed by atoms with Crippen molar-refractivity contribution in [3.05, 3.63) is 53.3 Å². The van der Waals surface area contributed by atoms with Gasteiger partial charge in [-0.1, -0.05) is 12.1 Å². The van der Waals surface area contributed by atoms with Crippen LogP contribution in [0.3, 0.4) is 0 Å². The molecular weight excluding hydrogens is 294 g/mol. The fourth-order valence-electron chi connectivity index (χ4n) is 2.37. The molecule has 0 saturated carbocycles. The Morgan fingerprint density at radius 1 is 1.30 bits per heavy atom. The first kappa shape index (κ1) is 15.0. The Morgan fingerprint density at radius 2 is 2.09 bits per heavy atom. The number of carbonyl (C=O) groups is 1. The van der Waals surface area contributed by atoms with Crippen molar-refractivity contribution >= 4 is 22.5 Å². The molecule has 3 aromatic rings. The van der Waals surface area contributed by atoms with Crippen LogP contribution in [0.25, 0.3) is 10.9 Å². The van der Waals surface area contributed by atoms with E-state index in [1.807, 2.05) is 6.07 Å². The van der Waals surface area contributed by atoms with Crippen molar-refractivity contribution in [1.29, 1.82) is 0 Å². The van der Waals surface area contributed by atoms with E-state index < -0.39 is 0 Å². The predicted molar refractivity (Wildman–Crippen MR) is 87.2 cm³/mol. The normalized spacial score (nSPS) is 10.9. The third kappa shape index (κ3) is 2.98. The maximum Gasteiger partial charge on any atom is 0.261 e. The zero-order valence-corrected chi connectivity index (χ0v) is 13.0. The minimum absolute atomic E-state index is 0.0851. The molecular formula is C16H17N5O2. The Hall–Kier alpha value is -2.96. The number of carbonyl (C=O) groups excluding carboxylic acids is 1. The zero-order valence-electron chi connectivity index (χ0n) is 13.0. The van der Waals surface area contributed by atoms with Gasteiger partial charge in [-0.25, -0.2) is 4.98 Å². The molecule has 2 aromatic heterocycles. The summed E-state index contributed by atoms with van der Waals surface area (Å²) in [5.41, 5.74) is 1.25. The van der Waals surface area contributed by atoms with Crippen molar-refractivity contribution in [2.45, 2.75) is 13.0 Å². The quantitative estimate of drug-likeness (QED) is 0.725. The molecule has 0 saturated heterocycles. The molecule has 0 fully saturated rings. The smallest absolute Gasteiger partial charge is 0.261 e. The third-order valence-electron chi connectivity index (χ3n) is 3.75. The van der Waals surface area contributed by atoms with Crippen LogP contribution >= 0.6 is 0 Å². The highest BCUT2D eigenvalue weighted by Crippen LogP contribution is 2.11. The van der Waals surface area contributed by atoms with E-state index in [4.69, 9.17) is 0 Å². The van der Waals surface area contributed by atoms with E-state index in [0.717, 1.165) is 5.69 Å². The summed E-state index contributed by atoms with van der Waals surface area (Å²) in [6.07, 6.45) is 5.09. The first-order valence-corrected chi connectivity index (χ1v) is 7.25. The van der Waals surface area contributed by atoms with Crippen LogP contribution in [0.4, 0.5) is 5.69 Å². The Labute approximate surface area is 132 Å². The molecule has 7 nitrogen and oxygen atoms in total. The van der Waals surface area contributed by atoms with E-state index in [1.54, 1.807) is 49.4 Å². The minimum atomic E-state index is -0.132. The average Bonchev–Trinajstić information content (AvgIpc) is 3.00. The molecule has 0 aliphatic rings. The molecule has 1 aromatic carbocycles. The summed E-state index contributed by atoms with van der Waals surface area (Å²) < 4.78 is 3.11. The van der Waals surface area contributed by atoms with E-state index in [9.17, 15) is 9.59 Å². The number of nitrogens with zero attached hydrogens (tertiary/aromatic N) is 5. The fourth-order valence-corrected chi connectivity index (χ4v) is 2.37. The number of aromatic nitrogens is 4. The Kier molecular flexibility index (Phi) is 3.92. The number of rotatable bonds is 4. The highest BCUT2D eigenvalue weighted by atomic mass is 16.2. The Balaban J connectivity index is 1.74. The maximum absolute atomic E-state index is 12.4. The lowest BCUT2D eigenvalue weighted by atomic mass is 10.2. The third-order valence-corrected chi connectivity index (χ3v) is 3.75. The van der Waals surface area contributed by atoms with Crippen LogP contribution in [0.2, 0.25) is 0 Å². The second-order valence-electron chi connectivity index (χ2n) is 5.34. The minimum Gasteiger partial charge on any atom is -0.313 e. The van der Waals surface area contributed by atoms with Gasteiger partial charge >= 0.3 is 0 Å². The van der Waals surface area contributed by atoms with Crippen molar-refractivity contribution in [2.24, 2.45) is 7.05 Å². The summed E-state index contributed by atoms with van der Waals surface area (Å²) in [5, 5.41) is 4.60. The predicted octanol–water partition coefficient (Wildman–Crippen LogP) is 1.18. The van der Waals surface area contributed by atoms with Crippen LogP contribution in [-0.4, -0.2) is 32.3 Å². The second-order valence-corrected chi connectivity index (χ2v) is 5.34. The largest absolute Gasteiger partial charge is 0.313 e. The molecule has 3 rings (SSSR count). The number of benzene rings is 1. The standard InChI is InChI=1S/C16H17N5O2/c1-19-10-12(9-18-19)20(2)15(22)7-8-21-11-17-14-6-4-3-5-13(14)16(21)23/h3-6,9-11H,7-8H2,1-2H3. The number of fused-ring (bicyclic) bond motifs is 1. The molecule has 0 N–H and O–H groups in total. The molecule has 0 aliphatic heterocycles. The van der Waals surface area contributed by atoms with Gasteiger partial charge < -0.3 is 4.90 Å². The van der Waals surface area contributed by atoms with Gasteiger partial charge in [0.05, 0.1) is 29.1 Å². The lowest BCUT2D eigenvalue weighted by Crippen LogP contribution is -2.29. The van der Waals surface area contributed by atoms with E-state index >= 15 is 0 Å². The monoisotopic (exact) mass is 311 g/mol. The highest BCUT2D eigenvalue weighted by molar-refractivity contribution is 5.92. The average molecular weight is 311 g/mol. The van der Waals surface area contributed by atoms with Gasteiger partial charge in [0.15, 0.2) is 0 Å². The van der Waals surface area contributed by atoms with Crippen LogP contribution in [0.15, 0.2) is 47.8 Å². The van der Waals surface area contributed by atoms with Gasteiger partial charge in [-0.05, 0) is 12.1 Å². The Bertz CT molecular complexity index is 912. The number of anilines is 1. The molecule has 0 spiro atoms. The van der Waals surface area contributed by atoms with E-state index in [-0.39, 0.29) is 17.9 Å². The van der Waals surface area contributed by atoms with Gasteiger partial charge in [0.25, 0.3) is 5.56 Å². The van der Waals surface area contributed by atoms with Crippen molar-refractivity contribution in [2.75, 3.05) is 11.9 Å².